The molecule has 2 aromatic rings. The van der Waals surface area contributed by atoms with Crippen LogP contribution in [0.4, 0.5) is 0 Å². The van der Waals surface area contributed by atoms with Crippen LogP contribution in [-0.4, -0.2) is 11.2 Å². The summed E-state index contributed by atoms with van der Waals surface area (Å²) in [7, 11) is 0. The Morgan fingerprint density at radius 3 is 2.57 bits per heavy atom. The maximum absolute atomic E-state index is 6.20. The lowest BCUT2D eigenvalue weighted by atomic mass is 9.75. The zero-order valence-electron chi connectivity index (χ0n) is 13.9. The highest BCUT2D eigenvalue weighted by atomic mass is 16.5. The number of nitrogens with zero attached hydrogens (tertiary/aromatic N) is 1. The molecule has 3 rings (SSSR count). The fourth-order valence-corrected chi connectivity index (χ4v) is 3.48. The van der Waals surface area contributed by atoms with Gasteiger partial charge in [-0.3, -0.25) is 0 Å². The van der Waals surface area contributed by atoms with Crippen molar-refractivity contribution >= 4 is 0 Å². The average Bonchev–Trinajstić information content (AvgIpc) is 3.11. The SMILES string of the molecule is C#CC1(COC(C)n2cccc2-c2ccccc2)CCCCC1. The summed E-state index contributed by atoms with van der Waals surface area (Å²) >= 11 is 0. The van der Waals surface area contributed by atoms with Crippen LogP contribution < -0.4 is 0 Å². The number of hydrogen-bond acceptors (Lipinski definition) is 1. The maximum atomic E-state index is 6.20. The molecule has 0 aliphatic heterocycles. The Morgan fingerprint density at radius 1 is 1.13 bits per heavy atom. The third-order valence-corrected chi connectivity index (χ3v) is 4.96. The second-order valence-electron chi connectivity index (χ2n) is 6.56. The topological polar surface area (TPSA) is 14.2 Å². The van der Waals surface area contributed by atoms with Crippen molar-refractivity contribution in [2.75, 3.05) is 6.61 Å². The summed E-state index contributed by atoms with van der Waals surface area (Å²) in [5.41, 5.74) is 2.32. The molecule has 0 N–H and O–H groups in total. The van der Waals surface area contributed by atoms with E-state index in [1.807, 2.05) is 6.07 Å². The first-order valence-corrected chi connectivity index (χ1v) is 8.56. The minimum absolute atomic E-state index is 0.0210. The third-order valence-electron chi connectivity index (χ3n) is 4.96. The molecule has 0 amide bonds. The molecule has 2 heteroatoms. The van der Waals surface area contributed by atoms with Crippen LogP contribution in [0.2, 0.25) is 0 Å². The van der Waals surface area contributed by atoms with Gasteiger partial charge in [-0.05, 0) is 37.5 Å². The lowest BCUT2D eigenvalue weighted by Crippen LogP contribution is -2.29. The molecule has 1 unspecified atom stereocenters. The fourth-order valence-electron chi connectivity index (χ4n) is 3.48. The van der Waals surface area contributed by atoms with Crippen molar-refractivity contribution in [3.63, 3.8) is 0 Å². The van der Waals surface area contributed by atoms with Gasteiger partial charge < -0.3 is 9.30 Å². The van der Waals surface area contributed by atoms with Crippen LogP contribution in [0.3, 0.4) is 0 Å². The second kappa shape index (κ2) is 7.06. The Hall–Kier alpha value is -1.98. The highest BCUT2D eigenvalue weighted by molar-refractivity contribution is 5.59. The second-order valence-corrected chi connectivity index (χ2v) is 6.56. The van der Waals surface area contributed by atoms with Gasteiger partial charge in [0.15, 0.2) is 0 Å². The molecule has 1 aromatic heterocycles. The molecule has 1 heterocycles. The normalized spacial score (nSPS) is 18.3. The van der Waals surface area contributed by atoms with Crippen LogP contribution in [0.1, 0.15) is 45.3 Å². The monoisotopic (exact) mass is 307 g/mol. The molecule has 1 saturated carbocycles. The predicted octanol–water partition coefficient (Wildman–Crippen LogP) is 5.27. The molecule has 2 nitrogen and oxygen atoms in total. The lowest BCUT2D eigenvalue weighted by Gasteiger charge is -2.33. The first-order chi connectivity index (χ1) is 11.2. The predicted molar refractivity (Wildman–Crippen MR) is 94.9 cm³/mol. The van der Waals surface area contributed by atoms with Crippen molar-refractivity contribution in [2.24, 2.45) is 5.41 Å². The van der Waals surface area contributed by atoms with E-state index in [4.69, 9.17) is 11.2 Å². The van der Waals surface area contributed by atoms with Crippen LogP contribution in [0.15, 0.2) is 48.7 Å². The molecule has 120 valence electrons. The van der Waals surface area contributed by atoms with E-state index in [1.165, 1.54) is 30.5 Å². The van der Waals surface area contributed by atoms with Gasteiger partial charge in [-0.25, -0.2) is 0 Å². The van der Waals surface area contributed by atoms with Gasteiger partial charge in [0, 0.05) is 6.20 Å². The van der Waals surface area contributed by atoms with E-state index in [1.54, 1.807) is 0 Å². The first-order valence-electron chi connectivity index (χ1n) is 8.56. The van der Waals surface area contributed by atoms with Crippen molar-refractivity contribution in [3.8, 4) is 23.6 Å². The molecule has 1 fully saturated rings. The van der Waals surface area contributed by atoms with E-state index in [2.05, 4.69) is 60.0 Å². The number of ether oxygens (including phenoxy) is 1. The molecule has 1 aliphatic carbocycles. The Labute approximate surface area is 139 Å². The molecule has 0 radical (unpaired) electrons. The Morgan fingerprint density at radius 2 is 1.87 bits per heavy atom. The summed E-state index contributed by atoms with van der Waals surface area (Å²) in [6.45, 7) is 2.75. The van der Waals surface area contributed by atoms with Gasteiger partial charge in [0.1, 0.15) is 6.23 Å². The molecule has 1 aliphatic rings. The smallest absolute Gasteiger partial charge is 0.131 e. The van der Waals surface area contributed by atoms with Gasteiger partial charge in [-0.2, -0.15) is 0 Å². The summed E-state index contributed by atoms with van der Waals surface area (Å²) in [4.78, 5) is 0. The van der Waals surface area contributed by atoms with Crippen molar-refractivity contribution in [1.82, 2.24) is 4.57 Å². The van der Waals surface area contributed by atoms with Gasteiger partial charge in [-0.1, -0.05) is 55.5 Å². The highest BCUT2D eigenvalue weighted by Crippen LogP contribution is 2.37. The van der Waals surface area contributed by atoms with Gasteiger partial charge in [0.25, 0.3) is 0 Å². The molecular weight excluding hydrogens is 282 g/mol. The Balaban J connectivity index is 1.71. The Bertz CT molecular complexity index is 659. The molecule has 0 saturated heterocycles. The van der Waals surface area contributed by atoms with Crippen LogP contribution in [-0.2, 0) is 4.74 Å². The van der Waals surface area contributed by atoms with Gasteiger partial charge >= 0.3 is 0 Å². The molecule has 1 aromatic carbocycles. The number of aromatic nitrogens is 1. The summed E-state index contributed by atoms with van der Waals surface area (Å²) in [6.07, 6.45) is 13.8. The highest BCUT2D eigenvalue weighted by Gasteiger charge is 2.31. The average molecular weight is 307 g/mol. The van der Waals surface area contributed by atoms with Crippen molar-refractivity contribution in [1.29, 1.82) is 0 Å². The molecule has 0 bridgehead atoms. The van der Waals surface area contributed by atoms with Gasteiger partial charge in [-0.15, -0.1) is 6.42 Å². The van der Waals surface area contributed by atoms with Crippen LogP contribution in [0, 0.1) is 17.8 Å². The van der Waals surface area contributed by atoms with E-state index in [0.717, 1.165) is 12.8 Å². The summed E-state index contributed by atoms with van der Waals surface area (Å²) < 4.78 is 8.39. The minimum Gasteiger partial charge on any atom is -0.357 e. The molecule has 0 spiro atoms. The molecule has 1 atom stereocenters. The summed E-state index contributed by atoms with van der Waals surface area (Å²) in [6, 6.07) is 14.6. The first kappa shape index (κ1) is 15.9. The summed E-state index contributed by atoms with van der Waals surface area (Å²) in [5, 5.41) is 0. The van der Waals surface area contributed by atoms with E-state index in [-0.39, 0.29) is 11.6 Å². The molecule has 23 heavy (non-hydrogen) atoms. The van der Waals surface area contributed by atoms with Gasteiger partial charge in [0.2, 0.25) is 0 Å². The largest absolute Gasteiger partial charge is 0.357 e. The van der Waals surface area contributed by atoms with E-state index in [9.17, 15) is 0 Å². The number of benzene rings is 1. The Kier molecular flexibility index (Phi) is 4.88. The number of terminal acetylenes is 1. The van der Waals surface area contributed by atoms with E-state index < -0.39 is 0 Å². The standard InChI is InChI=1S/C21H25NO/c1-3-21(14-8-5-9-15-21)17-23-18(2)22-16-10-13-20(22)19-11-6-4-7-12-19/h1,4,6-7,10-13,16,18H,5,8-9,14-15,17H2,2H3. The third kappa shape index (κ3) is 3.51. The quantitative estimate of drug-likeness (QED) is 0.686. The lowest BCUT2D eigenvalue weighted by molar-refractivity contribution is -0.0288. The zero-order valence-corrected chi connectivity index (χ0v) is 13.9. The molecular formula is C21H25NO. The van der Waals surface area contributed by atoms with Crippen molar-refractivity contribution < 1.29 is 4.74 Å². The maximum Gasteiger partial charge on any atom is 0.131 e. The minimum atomic E-state index is -0.0629. The summed E-state index contributed by atoms with van der Waals surface area (Å²) in [5.74, 6) is 3.03. The van der Waals surface area contributed by atoms with Gasteiger partial charge in [0.05, 0.1) is 17.7 Å². The van der Waals surface area contributed by atoms with Crippen LogP contribution in [0.5, 0.6) is 0 Å². The van der Waals surface area contributed by atoms with Crippen molar-refractivity contribution in [2.45, 2.75) is 45.3 Å². The number of hydrogen-bond donors (Lipinski definition) is 0. The van der Waals surface area contributed by atoms with Crippen molar-refractivity contribution in [3.05, 3.63) is 48.7 Å². The fraction of sp³-hybridized carbons (Fsp3) is 0.429. The van der Waals surface area contributed by atoms with E-state index in [0.29, 0.717) is 6.61 Å². The zero-order chi connectivity index (χ0) is 16.1. The van der Waals surface area contributed by atoms with Crippen LogP contribution >= 0.6 is 0 Å². The van der Waals surface area contributed by atoms with E-state index >= 15 is 0 Å². The number of rotatable bonds is 5. The van der Waals surface area contributed by atoms with Crippen LogP contribution in [0.25, 0.3) is 11.3 Å².